The summed E-state index contributed by atoms with van der Waals surface area (Å²) in [6, 6.07) is 8.39. The lowest BCUT2D eigenvalue weighted by molar-refractivity contribution is 0.322. The molecule has 0 aromatic heterocycles. The van der Waals surface area contributed by atoms with Crippen LogP contribution in [-0.2, 0) is 0 Å². The van der Waals surface area contributed by atoms with Crippen LogP contribution < -0.4 is 9.64 Å². The number of hydrogen-bond acceptors (Lipinski definition) is 2. The van der Waals surface area contributed by atoms with Crippen LogP contribution >= 0.6 is 15.9 Å². The third kappa shape index (κ3) is 3.63. The molecule has 1 heterocycles. The molecule has 0 radical (unpaired) electrons. The quantitative estimate of drug-likeness (QED) is 0.605. The molecule has 0 N–H and O–H groups in total. The zero-order valence-corrected chi connectivity index (χ0v) is 11.8. The Morgan fingerprint density at radius 3 is 2.94 bits per heavy atom. The standard InChI is InChI=1S/C14H20BrNO/c15-9-4-1-5-10-16-11-6-12-17-14-8-3-2-7-13(14)16/h2-3,7-8H,1,4-6,9-12H2. The topological polar surface area (TPSA) is 12.5 Å². The molecule has 17 heavy (non-hydrogen) atoms. The Balaban J connectivity index is 1.97. The van der Waals surface area contributed by atoms with E-state index in [1.807, 2.05) is 6.07 Å². The molecule has 2 rings (SSSR count). The van der Waals surface area contributed by atoms with Gasteiger partial charge in [0.2, 0.25) is 0 Å². The Bertz CT molecular complexity index is 343. The van der Waals surface area contributed by atoms with E-state index >= 15 is 0 Å². The molecule has 0 aliphatic carbocycles. The van der Waals surface area contributed by atoms with Crippen LogP contribution in [-0.4, -0.2) is 25.0 Å². The summed E-state index contributed by atoms with van der Waals surface area (Å²) in [6.45, 7) is 3.10. The Hall–Kier alpha value is -0.700. The highest BCUT2D eigenvalue weighted by Crippen LogP contribution is 2.30. The van der Waals surface area contributed by atoms with Gasteiger partial charge in [-0.05, 0) is 31.4 Å². The first kappa shape index (κ1) is 12.7. The van der Waals surface area contributed by atoms with Crippen LogP contribution in [0.2, 0.25) is 0 Å². The molecule has 1 aromatic rings. The molecule has 0 saturated heterocycles. The maximum absolute atomic E-state index is 5.76. The molecule has 94 valence electrons. The van der Waals surface area contributed by atoms with Gasteiger partial charge in [0.05, 0.1) is 12.3 Å². The van der Waals surface area contributed by atoms with Crippen LogP contribution in [0.3, 0.4) is 0 Å². The summed E-state index contributed by atoms with van der Waals surface area (Å²) in [5.74, 6) is 1.05. The number of rotatable bonds is 5. The van der Waals surface area contributed by atoms with Crippen molar-refractivity contribution in [1.82, 2.24) is 0 Å². The molecule has 0 amide bonds. The Morgan fingerprint density at radius 2 is 2.06 bits per heavy atom. The predicted molar refractivity (Wildman–Crippen MR) is 76.4 cm³/mol. The number of nitrogens with zero attached hydrogens (tertiary/aromatic N) is 1. The van der Waals surface area contributed by atoms with Crippen molar-refractivity contribution in [3.8, 4) is 5.75 Å². The van der Waals surface area contributed by atoms with Gasteiger partial charge in [-0.15, -0.1) is 0 Å². The summed E-state index contributed by atoms with van der Waals surface area (Å²) in [4.78, 5) is 2.47. The van der Waals surface area contributed by atoms with Gasteiger partial charge < -0.3 is 9.64 Å². The third-order valence-corrected chi connectivity index (χ3v) is 3.66. The Kier molecular flexibility index (Phi) is 5.17. The second-order valence-corrected chi connectivity index (χ2v) is 5.20. The van der Waals surface area contributed by atoms with E-state index in [0.29, 0.717) is 0 Å². The smallest absolute Gasteiger partial charge is 0.142 e. The van der Waals surface area contributed by atoms with Crippen LogP contribution in [0.15, 0.2) is 24.3 Å². The van der Waals surface area contributed by atoms with E-state index in [4.69, 9.17) is 4.74 Å². The van der Waals surface area contributed by atoms with Crippen LogP contribution in [0.5, 0.6) is 5.75 Å². The summed E-state index contributed by atoms with van der Waals surface area (Å²) >= 11 is 3.48. The molecule has 0 spiro atoms. The molecule has 0 unspecified atom stereocenters. The number of alkyl halides is 1. The first-order chi connectivity index (χ1) is 8.42. The van der Waals surface area contributed by atoms with E-state index in [0.717, 1.165) is 37.2 Å². The zero-order valence-electron chi connectivity index (χ0n) is 10.2. The van der Waals surface area contributed by atoms with Gasteiger partial charge in [-0.25, -0.2) is 0 Å². The average molecular weight is 298 g/mol. The number of halogens is 1. The van der Waals surface area contributed by atoms with Gasteiger partial charge in [-0.2, -0.15) is 0 Å². The van der Waals surface area contributed by atoms with E-state index in [2.05, 4.69) is 39.0 Å². The molecular formula is C14H20BrNO. The molecule has 1 aliphatic heterocycles. The summed E-state index contributed by atoms with van der Waals surface area (Å²) in [6.07, 6.45) is 4.95. The molecule has 3 heteroatoms. The number of para-hydroxylation sites is 2. The number of hydrogen-bond donors (Lipinski definition) is 0. The molecule has 1 aromatic carbocycles. The van der Waals surface area contributed by atoms with Crippen LogP contribution in [0, 0.1) is 0 Å². The zero-order chi connectivity index (χ0) is 11.9. The van der Waals surface area contributed by atoms with Crippen molar-refractivity contribution in [2.24, 2.45) is 0 Å². The van der Waals surface area contributed by atoms with Gasteiger partial charge in [0.25, 0.3) is 0 Å². The van der Waals surface area contributed by atoms with Crippen LogP contribution in [0.1, 0.15) is 25.7 Å². The highest BCUT2D eigenvalue weighted by molar-refractivity contribution is 9.09. The maximum Gasteiger partial charge on any atom is 0.142 e. The second kappa shape index (κ2) is 6.90. The molecule has 0 atom stereocenters. The fraction of sp³-hybridized carbons (Fsp3) is 0.571. The molecule has 2 nitrogen and oxygen atoms in total. The minimum Gasteiger partial charge on any atom is -0.491 e. The number of anilines is 1. The lowest BCUT2D eigenvalue weighted by atomic mass is 10.2. The van der Waals surface area contributed by atoms with E-state index < -0.39 is 0 Å². The molecule has 1 aliphatic rings. The molecule has 0 saturated carbocycles. The van der Waals surface area contributed by atoms with E-state index in [1.165, 1.54) is 24.9 Å². The first-order valence-electron chi connectivity index (χ1n) is 6.44. The van der Waals surface area contributed by atoms with Gasteiger partial charge in [0.1, 0.15) is 5.75 Å². The van der Waals surface area contributed by atoms with Crippen molar-refractivity contribution in [1.29, 1.82) is 0 Å². The fourth-order valence-electron chi connectivity index (χ4n) is 2.20. The van der Waals surface area contributed by atoms with Crippen molar-refractivity contribution in [2.45, 2.75) is 25.7 Å². The summed E-state index contributed by atoms with van der Waals surface area (Å²) in [5.41, 5.74) is 1.27. The fourth-order valence-corrected chi connectivity index (χ4v) is 2.60. The number of unbranched alkanes of at least 4 members (excludes halogenated alkanes) is 2. The average Bonchev–Trinajstić information content (AvgIpc) is 2.57. The number of benzene rings is 1. The second-order valence-electron chi connectivity index (χ2n) is 4.41. The monoisotopic (exact) mass is 297 g/mol. The van der Waals surface area contributed by atoms with Crippen molar-refractivity contribution >= 4 is 21.6 Å². The lowest BCUT2D eigenvalue weighted by Gasteiger charge is -2.23. The maximum atomic E-state index is 5.76. The minimum atomic E-state index is 0.842. The molecule has 0 bridgehead atoms. The molecular weight excluding hydrogens is 278 g/mol. The van der Waals surface area contributed by atoms with Crippen molar-refractivity contribution in [3.63, 3.8) is 0 Å². The highest BCUT2D eigenvalue weighted by atomic mass is 79.9. The minimum absolute atomic E-state index is 0.842. The highest BCUT2D eigenvalue weighted by Gasteiger charge is 2.14. The number of ether oxygens (including phenoxy) is 1. The van der Waals surface area contributed by atoms with Gasteiger partial charge >= 0.3 is 0 Å². The molecule has 0 fully saturated rings. The van der Waals surface area contributed by atoms with Gasteiger partial charge in [-0.1, -0.05) is 34.5 Å². The predicted octanol–water partition coefficient (Wildman–Crippen LogP) is 3.84. The third-order valence-electron chi connectivity index (χ3n) is 3.10. The van der Waals surface area contributed by atoms with E-state index in [1.54, 1.807) is 0 Å². The van der Waals surface area contributed by atoms with E-state index in [9.17, 15) is 0 Å². The van der Waals surface area contributed by atoms with Gasteiger partial charge in [-0.3, -0.25) is 0 Å². The first-order valence-corrected chi connectivity index (χ1v) is 7.56. The lowest BCUT2D eigenvalue weighted by Crippen LogP contribution is -2.25. The van der Waals surface area contributed by atoms with Crippen LogP contribution in [0.25, 0.3) is 0 Å². The Labute approximate surface area is 112 Å². The summed E-state index contributed by atoms with van der Waals surface area (Å²) in [5, 5.41) is 1.12. The summed E-state index contributed by atoms with van der Waals surface area (Å²) < 4.78 is 5.76. The SMILES string of the molecule is BrCCCCCN1CCCOc2ccccc21. The summed E-state index contributed by atoms with van der Waals surface area (Å²) in [7, 11) is 0. The Morgan fingerprint density at radius 1 is 1.18 bits per heavy atom. The van der Waals surface area contributed by atoms with Crippen molar-refractivity contribution in [2.75, 3.05) is 29.9 Å². The van der Waals surface area contributed by atoms with Crippen molar-refractivity contribution < 1.29 is 4.74 Å². The van der Waals surface area contributed by atoms with Gasteiger partial charge in [0.15, 0.2) is 0 Å². The van der Waals surface area contributed by atoms with Crippen molar-refractivity contribution in [3.05, 3.63) is 24.3 Å². The van der Waals surface area contributed by atoms with E-state index in [-0.39, 0.29) is 0 Å². The normalized spacial score (nSPS) is 15.0. The van der Waals surface area contributed by atoms with Gasteiger partial charge in [0, 0.05) is 18.4 Å². The number of fused-ring (bicyclic) bond motifs is 1. The largest absolute Gasteiger partial charge is 0.491 e. The van der Waals surface area contributed by atoms with Crippen LogP contribution in [0.4, 0.5) is 5.69 Å².